The molecule has 162 valence electrons. The highest BCUT2D eigenvalue weighted by molar-refractivity contribution is 6.07. The Hall–Kier alpha value is -3.55. The molecule has 3 aromatic rings. The van der Waals surface area contributed by atoms with E-state index in [1.165, 1.54) is 25.0 Å². The monoisotopic (exact) mass is 423 g/mol. The van der Waals surface area contributed by atoms with E-state index in [9.17, 15) is 14.9 Å². The van der Waals surface area contributed by atoms with Gasteiger partial charge in [-0.15, -0.1) is 0 Å². The van der Waals surface area contributed by atoms with Crippen molar-refractivity contribution in [1.82, 2.24) is 10.3 Å². The van der Waals surface area contributed by atoms with Crippen LogP contribution in [0.5, 0.6) is 11.5 Å². The van der Waals surface area contributed by atoms with E-state index in [0.29, 0.717) is 28.0 Å². The first-order valence-electron chi connectivity index (χ1n) is 10.4. The maximum absolute atomic E-state index is 12.9. The molecule has 0 spiro atoms. The number of non-ortho nitro benzene ring substituents is 1. The van der Waals surface area contributed by atoms with Gasteiger partial charge in [-0.1, -0.05) is 6.07 Å². The van der Waals surface area contributed by atoms with Gasteiger partial charge in [0.15, 0.2) is 11.5 Å². The number of amides is 1. The second-order valence-corrected chi connectivity index (χ2v) is 7.82. The number of benzene rings is 2. The van der Waals surface area contributed by atoms with E-state index in [-0.39, 0.29) is 23.7 Å². The first-order chi connectivity index (χ1) is 15.0. The molecule has 8 heteroatoms. The fourth-order valence-corrected chi connectivity index (χ4v) is 4.00. The van der Waals surface area contributed by atoms with Gasteiger partial charge in [-0.05, 0) is 56.4 Å². The van der Waals surface area contributed by atoms with Crippen molar-refractivity contribution in [2.45, 2.75) is 44.8 Å². The molecule has 1 amide bonds. The minimum Gasteiger partial charge on any atom is -0.493 e. The van der Waals surface area contributed by atoms with Gasteiger partial charge >= 0.3 is 0 Å². The van der Waals surface area contributed by atoms with Crippen molar-refractivity contribution in [3.8, 4) is 11.5 Å². The van der Waals surface area contributed by atoms with Gasteiger partial charge in [-0.2, -0.15) is 0 Å². The second-order valence-electron chi connectivity index (χ2n) is 7.82. The molecule has 1 heterocycles. The summed E-state index contributed by atoms with van der Waals surface area (Å²) in [6.07, 6.45) is 6.27. The maximum Gasteiger partial charge on any atom is 0.270 e. The first-order valence-corrected chi connectivity index (χ1v) is 10.4. The van der Waals surface area contributed by atoms with Crippen molar-refractivity contribution >= 4 is 22.5 Å². The average molecular weight is 423 g/mol. The number of carbonyl (C=O) groups is 1. The van der Waals surface area contributed by atoms with Gasteiger partial charge < -0.3 is 19.8 Å². The number of methoxy groups -OCH3 is 1. The Bertz CT molecular complexity index is 1120. The molecule has 0 bridgehead atoms. The van der Waals surface area contributed by atoms with Gasteiger partial charge in [0, 0.05) is 29.2 Å². The molecule has 1 unspecified atom stereocenters. The lowest BCUT2D eigenvalue weighted by atomic mass is 10.1. The Morgan fingerprint density at radius 1 is 1.19 bits per heavy atom. The Balaban J connectivity index is 1.51. The van der Waals surface area contributed by atoms with Gasteiger partial charge in [0.05, 0.1) is 29.7 Å². The molecule has 0 radical (unpaired) electrons. The highest BCUT2D eigenvalue weighted by Crippen LogP contribution is 2.34. The van der Waals surface area contributed by atoms with Crippen LogP contribution in [0.1, 0.15) is 54.6 Å². The normalized spacial score (nSPS) is 15.0. The summed E-state index contributed by atoms with van der Waals surface area (Å²) < 4.78 is 11.6. The Labute approximate surface area is 179 Å². The van der Waals surface area contributed by atoms with Crippen molar-refractivity contribution in [2.24, 2.45) is 0 Å². The van der Waals surface area contributed by atoms with Crippen LogP contribution in [0.25, 0.3) is 10.9 Å². The summed E-state index contributed by atoms with van der Waals surface area (Å²) in [4.78, 5) is 26.5. The van der Waals surface area contributed by atoms with Gasteiger partial charge in [-0.25, -0.2) is 0 Å². The lowest BCUT2D eigenvalue weighted by Gasteiger charge is -2.19. The van der Waals surface area contributed by atoms with E-state index < -0.39 is 4.92 Å². The van der Waals surface area contributed by atoms with Crippen molar-refractivity contribution in [3.05, 3.63) is 63.8 Å². The van der Waals surface area contributed by atoms with Crippen LogP contribution in [0.4, 0.5) is 5.69 Å². The molecule has 1 aliphatic rings. The Morgan fingerprint density at radius 3 is 2.68 bits per heavy atom. The number of aromatic nitrogens is 1. The molecular weight excluding hydrogens is 398 g/mol. The molecule has 31 heavy (non-hydrogen) atoms. The van der Waals surface area contributed by atoms with Crippen LogP contribution in [0.2, 0.25) is 0 Å². The number of aromatic amines is 1. The number of nitrogens with one attached hydrogen (secondary N) is 2. The molecule has 1 aromatic heterocycles. The minimum atomic E-state index is -0.474. The third-order valence-electron chi connectivity index (χ3n) is 5.75. The number of carbonyl (C=O) groups excluding carboxylic acids is 1. The van der Waals surface area contributed by atoms with E-state index in [0.717, 1.165) is 18.4 Å². The van der Waals surface area contributed by atoms with Crippen LogP contribution in [-0.4, -0.2) is 29.0 Å². The lowest BCUT2D eigenvalue weighted by Crippen LogP contribution is -2.26. The van der Waals surface area contributed by atoms with Crippen molar-refractivity contribution in [2.75, 3.05) is 7.11 Å². The third-order valence-corrected chi connectivity index (χ3v) is 5.75. The molecule has 1 atom stereocenters. The molecular formula is C23H25N3O5. The van der Waals surface area contributed by atoms with Gasteiger partial charge in [0.25, 0.3) is 11.6 Å². The smallest absolute Gasteiger partial charge is 0.270 e. The molecule has 8 nitrogen and oxygen atoms in total. The third kappa shape index (κ3) is 4.33. The largest absolute Gasteiger partial charge is 0.493 e. The molecule has 2 N–H and O–H groups in total. The Kier molecular flexibility index (Phi) is 5.79. The summed E-state index contributed by atoms with van der Waals surface area (Å²) in [5, 5.41) is 14.5. The van der Waals surface area contributed by atoms with Crippen molar-refractivity contribution in [1.29, 1.82) is 0 Å². The van der Waals surface area contributed by atoms with Crippen LogP contribution < -0.4 is 14.8 Å². The van der Waals surface area contributed by atoms with E-state index in [2.05, 4.69) is 10.3 Å². The highest BCUT2D eigenvalue weighted by Gasteiger charge is 2.21. The zero-order valence-corrected chi connectivity index (χ0v) is 17.5. The molecule has 2 aromatic carbocycles. The number of nitrogens with zero attached hydrogens (tertiary/aromatic N) is 1. The number of rotatable bonds is 7. The number of hydrogen-bond acceptors (Lipinski definition) is 5. The van der Waals surface area contributed by atoms with E-state index in [1.807, 2.05) is 25.1 Å². The van der Waals surface area contributed by atoms with Crippen LogP contribution >= 0.6 is 0 Å². The topological polar surface area (TPSA) is 106 Å². The minimum absolute atomic E-state index is 0.0585. The predicted octanol–water partition coefficient (Wildman–Crippen LogP) is 4.90. The summed E-state index contributed by atoms with van der Waals surface area (Å²) in [5.41, 5.74) is 1.84. The molecule has 1 aliphatic carbocycles. The summed E-state index contributed by atoms with van der Waals surface area (Å²) in [5.74, 6) is 1.03. The fourth-order valence-electron chi connectivity index (χ4n) is 4.00. The zero-order chi connectivity index (χ0) is 22.0. The van der Waals surface area contributed by atoms with Gasteiger partial charge in [0.2, 0.25) is 0 Å². The molecule has 0 saturated heterocycles. The van der Waals surface area contributed by atoms with Gasteiger partial charge in [-0.3, -0.25) is 14.9 Å². The van der Waals surface area contributed by atoms with Gasteiger partial charge in [0.1, 0.15) is 0 Å². The lowest BCUT2D eigenvalue weighted by molar-refractivity contribution is -0.384. The zero-order valence-electron chi connectivity index (χ0n) is 17.5. The molecule has 0 aliphatic heterocycles. The number of ether oxygens (including phenoxy) is 2. The standard InChI is InChI=1S/C23H25N3O5/c1-14(15-7-10-21(22(11-15)30-2)31-17-5-3-4-6-17)25-23(27)19-13-24-20-9-8-16(26(28)29)12-18(19)20/h7-14,17,24H,3-6H2,1-2H3,(H,25,27). The number of nitro benzene ring substituents is 1. The van der Waals surface area contributed by atoms with E-state index in [1.54, 1.807) is 19.4 Å². The van der Waals surface area contributed by atoms with Crippen LogP contribution in [0, 0.1) is 10.1 Å². The predicted molar refractivity (Wildman–Crippen MR) is 117 cm³/mol. The van der Waals surface area contributed by atoms with Crippen molar-refractivity contribution < 1.29 is 19.2 Å². The van der Waals surface area contributed by atoms with E-state index in [4.69, 9.17) is 9.47 Å². The first kappa shape index (κ1) is 20.7. The number of fused-ring (bicyclic) bond motifs is 1. The number of nitro groups is 1. The van der Waals surface area contributed by atoms with E-state index >= 15 is 0 Å². The fraction of sp³-hybridized carbons (Fsp3) is 0.348. The number of H-pyrrole nitrogens is 1. The highest BCUT2D eigenvalue weighted by atomic mass is 16.6. The summed E-state index contributed by atoms with van der Waals surface area (Å²) >= 11 is 0. The van der Waals surface area contributed by atoms with Crippen LogP contribution in [0.3, 0.4) is 0 Å². The SMILES string of the molecule is COc1cc(C(C)NC(=O)c2c[nH]c3ccc([N+](=O)[O-])cc23)ccc1OC1CCCC1. The maximum atomic E-state index is 12.9. The second kappa shape index (κ2) is 8.67. The molecule has 4 rings (SSSR count). The Morgan fingerprint density at radius 2 is 1.97 bits per heavy atom. The van der Waals surface area contributed by atoms with Crippen LogP contribution in [-0.2, 0) is 0 Å². The van der Waals surface area contributed by atoms with Crippen molar-refractivity contribution in [3.63, 3.8) is 0 Å². The molecule has 1 saturated carbocycles. The number of hydrogen-bond donors (Lipinski definition) is 2. The average Bonchev–Trinajstić information content (AvgIpc) is 3.43. The summed E-state index contributed by atoms with van der Waals surface area (Å²) in [6, 6.07) is 9.78. The molecule has 1 fully saturated rings. The summed E-state index contributed by atoms with van der Waals surface area (Å²) in [6.45, 7) is 1.88. The van der Waals surface area contributed by atoms with Crippen LogP contribution in [0.15, 0.2) is 42.6 Å². The quantitative estimate of drug-likeness (QED) is 0.415. The summed E-state index contributed by atoms with van der Waals surface area (Å²) in [7, 11) is 1.60.